The quantitative estimate of drug-likeness (QED) is 0.672. The Morgan fingerprint density at radius 1 is 1.30 bits per heavy atom. The van der Waals surface area contributed by atoms with Crippen LogP contribution >= 0.6 is 0 Å². The van der Waals surface area contributed by atoms with Crippen molar-refractivity contribution in [3.05, 3.63) is 54.1 Å². The van der Waals surface area contributed by atoms with Crippen molar-refractivity contribution >= 4 is 16.9 Å². The summed E-state index contributed by atoms with van der Waals surface area (Å²) in [6.45, 7) is 0.281. The molecule has 3 N–H and O–H groups in total. The Bertz CT molecular complexity index is 733. The van der Waals surface area contributed by atoms with E-state index in [1.54, 1.807) is 0 Å². The molecule has 0 unspecified atom stereocenters. The van der Waals surface area contributed by atoms with Crippen molar-refractivity contribution in [3.8, 4) is 5.75 Å². The highest BCUT2D eigenvalue weighted by Gasteiger charge is 2.08. The zero-order chi connectivity index (χ0) is 13.9. The molecule has 0 saturated carbocycles. The number of para-hydroxylation sites is 2. The monoisotopic (exact) mass is 268 g/mol. The molecule has 2 aromatic heterocycles. The van der Waals surface area contributed by atoms with Crippen molar-refractivity contribution in [3.63, 3.8) is 0 Å². The van der Waals surface area contributed by atoms with E-state index in [4.69, 9.17) is 0 Å². The SMILES string of the molecule is O=C(NCc1nc2ccccc2[nH]1)c1cncc(O)c1. The van der Waals surface area contributed by atoms with Crippen molar-refractivity contribution < 1.29 is 9.90 Å². The summed E-state index contributed by atoms with van der Waals surface area (Å²) in [4.78, 5) is 23.1. The molecule has 0 saturated heterocycles. The Morgan fingerprint density at radius 3 is 2.95 bits per heavy atom. The van der Waals surface area contributed by atoms with E-state index in [1.807, 2.05) is 24.3 Å². The van der Waals surface area contributed by atoms with Crippen LogP contribution in [-0.2, 0) is 6.54 Å². The summed E-state index contributed by atoms with van der Waals surface area (Å²) >= 11 is 0. The van der Waals surface area contributed by atoms with E-state index in [2.05, 4.69) is 20.3 Å². The van der Waals surface area contributed by atoms with E-state index in [0.717, 1.165) is 11.0 Å². The van der Waals surface area contributed by atoms with Gasteiger partial charge in [0.25, 0.3) is 5.91 Å². The lowest BCUT2D eigenvalue weighted by atomic mass is 10.2. The van der Waals surface area contributed by atoms with Crippen molar-refractivity contribution in [2.75, 3.05) is 0 Å². The van der Waals surface area contributed by atoms with Crippen LogP contribution in [0.4, 0.5) is 0 Å². The third kappa shape index (κ3) is 2.44. The standard InChI is InChI=1S/C14H12N4O2/c19-10-5-9(6-15-7-10)14(20)16-8-13-17-11-3-1-2-4-12(11)18-13/h1-7,19H,8H2,(H,16,20)(H,17,18). The molecule has 0 atom stereocenters. The number of nitrogens with one attached hydrogen (secondary N) is 2. The van der Waals surface area contributed by atoms with Gasteiger partial charge in [0.1, 0.15) is 11.6 Å². The smallest absolute Gasteiger partial charge is 0.253 e. The first-order chi connectivity index (χ1) is 9.72. The second kappa shape index (κ2) is 5.00. The molecule has 0 bridgehead atoms. The van der Waals surface area contributed by atoms with E-state index in [0.29, 0.717) is 11.4 Å². The molecule has 0 aliphatic heterocycles. The van der Waals surface area contributed by atoms with Crippen LogP contribution in [0.5, 0.6) is 5.75 Å². The van der Waals surface area contributed by atoms with Crippen LogP contribution < -0.4 is 5.32 Å². The lowest BCUT2D eigenvalue weighted by Crippen LogP contribution is -2.23. The summed E-state index contributed by atoms with van der Waals surface area (Å²) in [5, 5.41) is 12.0. The Labute approximate surface area is 114 Å². The average Bonchev–Trinajstić information content (AvgIpc) is 2.87. The van der Waals surface area contributed by atoms with Crippen molar-refractivity contribution in [1.82, 2.24) is 20.3 Å². The Hall–Kier alpha value is -2.89. The molecule has 0 aliphatic carbocycles. The van der Waals surface area contributed by atoms with E-state index in [9.17, 15) is 9.90 Å². The Balaban J connectivity index is 1.71. The highest BCUT2D eigenvalue weighted by Crippen LogP contribution is 2.11. The van der Waals surface area contributed by atoms with Gasteiger partial charge >= 0.3 is 0 Å². The second-order valence-corrected chi connectivity index (χ2v) is 4.32. The molecule has 100 valence electrons. The molecule has 3 aromatic rings. The first kappa shape index (κ1) is 12.2. The van der Waals surface area contributed by atoms with Gasteiger partial charge in [-0.15, -0.1) is 0 Å². The van der Waals surface area contributed by atoms with Gasteiger partial charge in [-0.1, -0.05) is 12.1 Å². The van der Waals surface area contributed by atoms with Gasteiger partial charge in [0.15, 0.2) is 0 Å². The number of pyridine rings is 1. The van der Waals surface area contributed by atoms with Crippen LogP contribution in [0.1, 0.15) is 16.2 Å². The number of hydrogen-bond acceptors (Lipinski definition) is 4. The fraction of sp³-hybridized carbons (Fsp3) is 0.0714. The molecule has 6 heteroatoms. The van der Waals surface area contributed by atoms with Gasteiger partial charge in [0.05, 0.1) is 29.3 Å². The van der Waals surface area contributed by atoms with E-state index >= 15 is 0 Å². The summed E-state index contributed by atoms with van der Waals surface area (Å²) in [6.07, 6.45) is 2.67. The maximum atomic E-state index is 11.9. The van der Waals surface area contributed by atoms with Crippen molar-refractivity contribution in [2.45, 2.75) is 6.54 Å². The molecule has 20 heavy (non-hydrogen) atoms. The van der Waals surface area contributed by atoms with Gasteiger partial charge in [0, 0.05) is 6.20 Å². The van der Waals surface area contributed by atoms with Gasteiger partial charge in [0.2, 0.25) is 0 Å². The molecule has 2 heterocycles. The third-order valence-electron chi connectivity index (χ3n) is 2.84. The molecule has 1 amide bonds. The molecule has 0 fully saturated rings. The van der Waals surface area contributed by atoms with Crippen LogP contribution in [0, 0.1) is 0 Å². The normalized spacial score (nSPS) is 10.6. The number of H-pyrrole nitrogens is 1. The van der Waals surface area contributed by atoms with Gasteiger partial charge in [-0.05, 0) is 18.2 Å². The van der Waals surface area contributed by atoms with Crippen LogP contribution in [0.15, 0.2) is 42.7 Å². The number of hydrogen-bond donors (Lipinski definition) is 3. The van der Waals surface area contributed by atoms with E-state index < -0.39 is 0 Å². The number of fused-ring (bicyclic) bond motifs is 1. The molecule has 6 nitrogen and oxygen atoms in total. The third-order valence-corrected chi connectivity index (χ3v) is 2.84. The number of nitrogens with zero attached hydrogens (tertiary/aromatic N) is 2. The van der Waals surface area contributed by atoms with E-state index in [1.165, 1.54) is 18.5 Å². The second-order valence-electron chi connectivity index (χ2n) is 4.32. The number of benzene rings is 1. The summed E-state index contributed by atoms with van der Waals surface area (Å²) in [7, 11) is 0. The lowest BCUT2D eigenvalue weighted by Gasteiger charge is -2.03. The fourth-order valence-electron chi connectivity index (χ4n) is 1.91. The first-order valence-electron chi connectivity index (χ1n) is 6.08. The lowest BCUT2D eigenvalue weighted by molar-refractivity contribution is 0.0949. The number of rotatable bonds is 3. The number of aromatic amines is 1. The molecule has 0 aliphatic rings. The zero-order valence-corrected chi connectivity index (χ0v) is 10.5. The van der Waals surface area contributed by atoms with Gasteiger partial charge in [-0.2, -0.15) is 0 Å². The van der Waals surface area contributed by atoms with Crippen LogP contribution in [0.25, 0.3) is 11.0 Å². The molecule has 0 radical (unpaired) electrons. The van der Waals surface area contributed by atoms with Gasteiger partial charge in [-0.3, -0.25) is 9.78 Å². The Kier molecular flexibility index (Phi) is 3.04. The topological polar surface area (TPSA) is 90.9 Å². The molecule has 3 rings (SSSR count). The first-order valence-corrected chi connectivity index (χ1v) is 6.08. The average molecular weight is 268 g/mol. The predicted octanol–water partition coefficient (Wildman–Crippen LogP) is 1.59. The molecule has 1 aromatic carbocycles. The highest BCUT2D eigenvalue weighted by molar-refractivity contribution is 5.94. The van der Waals surface area contributed by atoms with Gasteiger partial charge < -0.3 is 15.4 Å². The minimum Gasteiger partial charge on any atom is -0.506 e. The maximum Gasteiger partial charge on any atom is 0.253 e. The fourth-order valence-corrected chi connectivity index (χ4v) is 1.91. The summed E-state index contributed by atoms with van der Waals surface area (Å²) in [5.41, 5.74) is 2.09. The summed E-state index contributed by atoms with van der Waals surface area (Å²) in [5.74, 6) is 0.322. The minimum absolute atomic E-state index is 0.0404. The maximum absolute atomic E-state index is 11.9. The summed E-state index contributed by atoms with van der Waals surface area (Å²) < 4.78 is 0. The zero-order valence-electron chi connectivity index (χ0n) is 10.5. The molecular weight excluding hydrogens is 256 g/mol. The van der Waals surface area contributed by atoms with Gasteiger partial charge in [-0.25, -0.2) is 4.98 Å². The van der Waals surface area contributed by atoms with Crippen LogP contribution in [0.3, 0.4) is 0 Å². The number of aromatic nitrogens is 3. The minimum atomic E-state index is -0.311. The highest BCUT2D eigenvalue weighted by atomic mass is 16.3. The largest absolute Gasteiger partial charge is 0.506 e. The number of imidazole rings is 1. The molecule has 0 spiro atoms. The predicted molar refractivity (Wildman–Crippen MR) is 73.2 cm³/mol. The summed E-state index contributed by atoms with van der Waals surface area (Å²) in [6, 6.07) is 9.01. The van der Waals surface area contributed by atoms with Crippen LogP contribution in [-0.4, -0.2) is 26.0 Å². The van der Waals surface area contributed by atoms with Crippen molar-refractivity contribution in [1.29, 1.82) is 0 Å². The number of amides is 1. The Morgan fingerprint density at radius 2 is 2.15 bits per heavy atom. The molecular formula is C14H12N4O2. The number of aromatic hydroxyl groups is 1. The van der Waals surface area contributed by atoms with Crippen LogP contribution in [0.2, 0.25) is 0 Å². The van der Waals surface area contributed by atoms with E-state index in [-0.39, 0.29) is 18.2 Å². The number of carbonyl (C=O) groups is 1. The number of carbonyl (C=O) groups excluding carboxylic acids is 1. The van der Waals surface area contributed by atoms with Crippen molar-refractivity contribution in [2.24, 2.45) is 0 Å².